The molecule has 0 bridgehead atoms. The van der Waals surface area contributed by atoms with E-state index in [0.717, 1.165) is 17.0 Å². The number of rotatable bonds is 5. The molecule has 3 amide bonds. The molecule has 0 aromatic heterocycles. The quantitative estimate of drug-likeness (QED) is 0.633. The topological polar surface area (TPSA) is 99.5 Å². The smallest absolute Gasteiger partial charge is 0.325 e. The molecule has 142 valence electrons. The molecular weight excluding hydrogens is 365 g/mol. The fourth-order valence-corrected chi connectivity index (χ4v) is 3.04. The van der Waals surface area contributed by atoms with Crippen LogP contribution in [0.3, 0.4) is 0 Å². The summed E-state index contributed by atoms with van der Waals surface area (Å²) in [7, 11) is 1.33. The third kappa shape index (κ3) is 3.18. The molecule has 1 saturated heterocycles. The van der Waals surface area contributed by atoms with Crippen LogP contribution in [-0.4, -0.2) is 36.3 Å². The second-order valence-electron chi connectivity index (χ2n) is 6.40. The normalized spacial score (nSPS) is 18.6. The summed E-state index contributed by atoms with van der Waals surface area (Å²) < 4.78 is 18.6. The van der Waals surface area contributed by atoms with Gasteiger partial charge in [-0.2, -0.15) is 5.26 Å². The van der Waals surface area contributed by atoms with E-state index in [0.29, 0.717) is 11.1 Å². The van der Waals surface area contributed by atoms with Crippen LogP contribution in [0.15, 0.2) is 42.5 Å². The molecule has 28 heavy (non-hydrogen) atoms. The maximum absolute atomic E-state index is 13.5. The fraction of sp³-hybridized carbons (Fsp3) is 0.200. The number of imide groups is 1. The van der Waals surface area contributed by atoms with Crippen LogP contribution in [-0.2, 0) is 10.3 Å². The zero-order chi connectivity index (χ0) is 20.5. The molecule has 1 heterocycles. The highest BCUT2D eigenvalue weighted by atomic mass is 19.1. The number of halogens is 1. The minimum Gasteiger partial charge on any atom is -0.496 e. The lowest BCUT2D eigenvalue weighted by molar-refractivity contribution is -0.130. The van der Waals surface area contributed by atoms with Crippen LogP contribution >= 0.6 is 0 Å². The Labute approximate surface area is 160 Å². The summed E-state index contributed by atoms with van der Waals surface area (Å²) in [4.78, 5) is 38.7. The SMILES string of the molecule is COc1ccc(F)cc1C(=O)CN1C(=O)N[C@@](C)(c2ccc(C#N)cc2)C1=O. The lowest BCUT2D eigenvalue weighted by atomic mass is 9.91. The molecule has 3 rings (SSSR count). The number of hydrogen-bond donors (Lipinski definition) is 1. The molecule has 7 nitrogen and oxygen atoms in total. The monoisotopic (exact) mass is 381 g/mol. The van der Waals surface area contributed by atoms with Crippen LogP contribution in [0.4, 0.5) is 9.18 Å². The molecule has 0 unspecified atom stereocenters. The third-order valence-electron chi connectivity index (χ3n) is 4.63. The van der Waals surface area contributed by atoms with Gasteiger partial charge in [-0.3, -0.25) is 14.5 Å². The van der Waals surface area contributed by atoms with Gasteiger partial charge >= 0.3 is 6.03 Å². The van der Waals surface area contributed by atoms with Gasteiger partial charge < -0.3 is 10.1 Å². The van der Waals surface area contributed by atoms with E-state index in [1.165, 1.54) is 32.2 Å². The number of urea groups is 1. The van der Waals surface area contributed by atoms with Crippen molar-refractivity contribution in [3.8, 4) is 11.8 Å². The molecule has 1 aliphatic rings. The van der Waals surface area contributed by atoms with Gasteiger partial charge in [0.05, 0.1) is 30.9 Å². The first-order chi connectivity index (χ1) is 13.3. The number of Topliss-reactive ketones (excluding diaryl/α,β-unsaturated/α-hetero) is 1. The van der Waals surface area contributed by atoms with E-state index in [1.807, 2.05) is 6.07 Å². The van der Waals surface area contributed by atoms with E-state index in [4.69, 9.17) is 10.00 Å². The van der Waals surface area contributed by atoms with E-state index < -0.39 is 35.6 Å². The predicted molar refractivity (Wildman–Crippen MR) is 96.0 cm³/mol. The number of methoxy groups -OCH3 is 1. The van der Waals surface area contributed by atoms with Crippen LogP contribution in [0.2, 0.25) is 0 Å². The Kier molecular flexibility index (Phi) is 4.84. The second-order valence-corrected chi connectivity index (χ2v) is 6.40. The van der Waals surface area contributed by atoms with Crippen LogP contribution in [0, 0.1) is 17.1 Å². The highest BCUT2D eigenvalue weighted by molar-refractivity contribution is 6.11. The molecule has 1 fully saturated rings. The number of nitriles is 1. The first kappa shape index (κ1) is 19.0. The number of ketones is 1. The zero-order valence-electron chi connectivity index (χ0n) is 15.2. The van der Waals surface area contributed by atoms with E-state index in [-0.39, 0.29) is 11.3 Å². The summed E-state index contributed by atoms with van der Waals surface area (Å²) >= 11 is 0. The molecule has 2 aromatic rings. The van der Waals surface area contributed by atoms with Gasteiger partial charge in [-0.1, -0.05) is 12.1 Å². The molecule has 1 N–H and O–H groups in total. The number of hydrogen-bond acceptors (Lipinski definition) is 5. The van der Waals surface area contributed by atoms with Gasteiger partial charge in [0.2, 0.25) is 0 Å². The Balaban J connectivity index is 1.87. The number of nitrogens with zero attached hydrogens (tertiary/aromatic N) is 2. The molecule has 0 spiro atoms. The van der Waals surface area contributed by atoms with Gasteiger partial charge in [0.1, 0.15) is 17.1 Å². The number of carbonyl (C=O) groups is 3. The minimum absolute atomic E-state index is 0.0601. The Morgan fingerprint density at radius 2 is 1.93 bits per heavy atom. The zero-order valence-corrected chi connectivity index (χ0v) is 15.2. The number of nitrogens with one attached hydrogen (secondary N) is 1. The van der Waals surface area contributed by atoms with Crippen molar-refractivity contribution in [3.05, 3.63) is 65.0 Å². The predicted octanol–water partition coefficient (Wildman–Crippen LogP) is 2.36. The molecule has 0 radical (unpaired) electrons. The van der Waals surface area contributed by atoms with Crippen molar-refractivity contribution >= 4 is 17.7 Å². The summed E-state index contributed by atoms with van der Waals surface area (Å²) in [6, 6.07) is 10.9. The van der Waals surface area contributed by atoms with Crippen molar-refractivity contribution < 1.29 is 23.5 Å². The van der Waals surface area contributed by atoms with Crippen LogP contribution in [0.1, 0.15) is 28.4 Å². The molecule has 8 heteroatoms. The van der Waals surface area contributed by atoms with E-state index >= 15 is 0 Å². The van der Waals surface area contributed by atoms with Gasteiger partial charge in [0.25, 0.3) is 5.91 Å². The second kappa shape index (κ2) is 7.12. The van der Waals surface area contributed by atoms with Gasteiger partial charge in [-0.25, -0.2) is 9.18 Å². The van der Waals surface area contributed by atoms with Gasteiger partial charge in [0, 0.05) is 0 Å². The lowest BCUT2D eigenvalue weighted by Crippen LogP contribution is -2.41. The van der Waals surface area contributed by atoms with Crippen molar-refractivity contribution in [1.82, 2.24) is 10.2 Å². The summed E-state index contributed by atoms with van der Waals surface area (Å²) in [5.74, 6) is -1.74. The standard InChI is InChI=1S/C20H16FN3O4/c1-20(13-5-3-12(10-22)4-6-13)18(26)24(19(27)23-20)11-16(25)15-9-14(21)7-8-17(15)28-2/h3-9H,11H2,1-2H3,(H,23,27)/t20-/m0/s1. The van der Waals surface area contributed by atoms with E-state index in [2.05, 4.69) is 5.32 Å². The Morgan fingerprint density at radius 3 is 2.54 bits per heavy atom. The maximum atomic E-state index is 13.5. The molecule has 0 aliphatic carbocycles. The largest absolute Gasteiger partial charge is 0.496 e. The van der Waals surface area contributed by atoms with Crippen LogP contribution in [0.5, 0.6) is 5.75 Å². The highest BCUT2D eigenvalue weighted by Crippen LogP contribution is 2.29. The van der Waals surface area contributed by atoms with E-state index in [1.54, 1.807) is 12.1 Å². The Hall–Kier alpha value is -3.73. The average molecular weight is 381 g/mol. The van der Waals surface area contributed by atoms with Gasteiger partial charge in [-0.05, 0) is 42.8 Å². The molecular formula is C20H16FN3O4. The number of carbonyl (C=O) groups excluding carboxylic acids is 3. The third-order valence-corrected chi connectivity index (χ3v) is 4.63. The molecule has 1 aliphatic heterocycles. The average Bonchev–Trinajstić information content (AvgIpc) is 2.92. The summed E-state index contributed by atoms with van der Waals surface area (Å²) in [5, 5.41) is 11.5. The number of benzene rings is 2. The Bertz CT molecular complexity index is 1010. The van der Waals surface area contributed by atoms with Crippen molar-refractivity contribution in [2.45, 2.75) is 12.5 Å². The van der Waals surface area contributed by atoms with Crippen molar-refractivity contribution in [1.29, 1.82) is 5.26 Å². The molecule has 1 atom stereocenters. The Morgan fingerprint density at radius 1 is 1.25 bits per heavy atom. The van der Waals surface area contributed by atoms with Gasteiger partial charge in [0.15, 0.2) is 5.78 Å². The maximum Gasteiger partial charge on any atom is 0.325 e. The minimum atomic E-state index is -1.38. The van der Waals surface area contributed by atoms with Crippen molar-refractivity contribution in [2.75, 3.05) is 13.7 Å². The summed E-state index contributed by atoms with van der Waals surface area (Å²) in [5.41, 5.74) is -0.551. The van der Waals surface area contributed by atoms with E-state index in [9.17, 15) is 18.8 Å². The fourth-order valence-electron chi connectivity index (χ4n) is 3.04. The lowest BCUT2D eigenvalue weighted by Gasteiger charge is -2.22. The number of amides is 3. The van der Waals surface area contributed by atoms with Crippen molar-refractivity contribution in [3.63, 3.8) is 0 Å². The first-order valence-corrected chi connectivity index (χ1v) is 8.31. The van der Waals surface area contributed by atoms with Crippen LogP contribution in [0.25, 0.3) is 0 Å². The molecule has 2 aromatic carbocycles. The van der Waals surface area contributed by atoms with Gasteiger partial charge in [-0.15, -0.1) is 0 Å². The molecule has 0 saturated carbocycles. The highest BCUT2D eigenvalue weighted by Gasteiger charge is 2.49. The number of ether oxygens (including phenoxy) is 1. The van der Waals surface area contributed by atoms with Crippen molar-refractivity contribution in [2.24, 2.45) is 0 Å². The first-order valence-electron chi connectivity index (χ1n) is 8.31. The van der Waals surface area contributed by atoms with Crippen LogP contribution < -0.4 is 10.1 Å². The summed E-state index contributed by atoms with van der Waals surface area (Å²) in [6.45, 7) is 0.957. The summed E-state index contributed by atoms with van der Waals surface area (Å²) in [6.07, 6.45) is 0.